The van der Waals surface area contributed by atoms with Crippen molar-refractivity contribution < 1.29 is 0 Å². The number of aromatic nitrogens is 2. The fourth-order valence-electron chi connectivity index (χ4n) is 4.83. The van der Waals surface area contributed by atoms with Crippen LogP contribution in [0.2, 0.25) is 0 Å². The Hall–Kier alpha value is -3.07. The molecule has 2 aromatic heterocycles. The van der Waals surface area contributed by atoms with Crippen LogP contribution in [0, 0.1) is 5.41 Å². The number of anilines is 1. The van der Waals surface area contributed by atoms with Gasteiger partial charge in [0.15, 0.2) is 0 Å². The van der Waals surface area contributed by atoms with E-state index in [9.17, 15) is 0 Å². The first-order chi connectivity index (χ1) is 14.7. The number of hydrogen-bond donors (Lipinski definition) is 1. The lowest BCUT2D eigenvalue weighted by Gasteiger charge is -2.34. The van der Waals surface area contributed by atoms with Crippen molar-refractivity contribution in [2.45, 2.75) is 52.5 Å². The van der Waals surface area contributed by atoms with Crippen molar-refractivity contribution in [1.29, 1.82) is 0 Å². The highest BCUT2D eigenvalue weighted by Gasteiger charge is 2.30. The van der Waals surface area contributed by atoms with Crippen LogP contribution in [0.25, 0.3) is 5.65 Å². The Kier molecular flexibility index (Phi) is 5.62. The number of pyridine rings is 1. The van der Waals surface area contributed by atoms with Gasteiger partial charge in [0, 0.05) is 11.7 Å². The molecule has 0 aliphatic rings. The molecule has 2 aromatic carbocycles. The molecule has 4 aromatic rings. The molecule has 0 bridgehead atoms. The zero-order valence-corrected chi connectivity index (χ0v) is 19.3. The molecule has 31 heavy (non-hydrogen) atoms. The minimum Gasteiger partial charge on any atom is -0.365 e. The Bertz CT molecular complexity index is 1100. The maximum absolute atomic E-state index is 5.15. The fourth-order valence-corrected chi connectivity index (χ4v) is 4.83. The van der Waals surface area contributed by atoms with Crippen LogP contribution < -0.4 is 5.32 Å². The summed E-state index contributed by atoms with van der Waals surface area (Å²) in [6.45, 7) is 11.4. The predicted octanol–water partition coefficient (Wildman–Crippen LogP) is 7.14. The van der Waals surface area contributed by atoms with Gasteiger partial charge < -0.3 is 5.32 Å². The van der Waals surface area contributed by atoms with Crippen LogP contribution in [0.5, 0.6) is 0 Å². The van der Waals surface area contributed by atoms with Crippen molar-refractivity contribution >= 4 is 11.5 Å². The number of hydrogen-bond acceptors (Lipinski definition) is 2. The van der Waals surface area contributed by atoms with Crippen LogP contribution in [0.1, 0.15) is 63.8 Å². The molecule has 0 unspecified atom stereocenters. The van der Waals surface area contributed by atoms with Gasteiger partial charge in [-0.2, -0.15) is 0 Å². The van der Waals surface area contributed by atoms with E-state index in [4.69, 9.17) is 4.98 Å². The first kappa shape index (κ1) is 21.2. The molecule has 3 heteroatoms. The van der Waals surface area contributed by atoms with Gasteiger partial charge in [0.2, 0.25) is 0 Å². The smallest absolute Gasteiger partial charge is 0.138 e. The molecule has 4 rings (SSSR count). The molecule has 0 aliphatic carbocycles. The van der Waals surface area contributed by atoms with Crippen LogP contribution in [-0.4, -0.2) is 14.9 Å². The number of fused-ring (bicyclic) bond motifs is 1. The molecule has 0 saturated heterocycles. The average Bonchev–Trinajstić information content (AvgIpc) is 3.05. The van der Waals surface area contributed by atoms with E-state index in [2.05, 4.69) is 129 Å². The van der Waals surface area contributed by atoms with Crippen molar-refractivity contribution in [2.75, 3.05) is 5.32 Å². The van der Waals surface area contributed by atoms with Gasteiger partial charge >= 0.3 is 0 Å². The number of rotatable bonds is 6. The number of imidazole rings is 1. The SMILES string of the molecule is CC(C)(C)CC(C)(C)Nc1c(C(c2ccccc2)c2ccccc2)nc2ccccn12. The molecule has 0 spiro atoms. The second kappa shape index (κ2) is 8.22. The lowest BCUT2D eigenvalue weighted by molar-refractivity contribution is 0.301. The second-order valence-corrected chi connectivity index (χ2v) is 10.3. The van der Waals surface area contributed by atoms with E-state index < -0.39 is 0 Å². The van der Waals surface area contributed by atoms with Crippen molar-refractivity contribution in [1.82, 2.24) is 9.38 Å². The summed E-state index contributed by atoms with van der Waals surface area (Å²) >= 11 is 0. The molecule has 160 valence electrons. The van der Waals surface area contributed by atoms with Crippen LogP contribution in [0.15, 0.2) is 85.1 Å². The van der Waals surface area contributed by atoms with Gasteiger partial charge in [-0.1, -0.05) is 87.5 Å². The van der Waals surface area contributed by atoms with Gasteiger partial charge in [-0.25, -0.2) is 4.98 Å². The van der Waals surface area contributed by atoms with Gasteiger partial charge in [0.1, 0.15) is 11.5 Å². The summed E-state index contributed by atoms with van der Waals surface area (Å²) in [5.41, 5.74) is 4.64. The highest BCUT2D eigenvalue weighted by atomic mass is 15.2. The Labute approximate surface area is 186 Å². The van der Waals surface area contributed by atoms with Crippen molar-refractivity contribution in [2.24, 2.45) is 5.41 Å². The summed E-state index contributed by atoms with van der Waals surface area (Å²) < 4.78 is 2.19. The molecule has 3 nitrogen and oxygen atoms in total. The van der Waals surface area contributed by atoms with Gasteiger partial charge in [-0.15, -0.1) is 0 Å². The molecule has 0 saturated carbocycles. The zero-order valence-electron chi connectivity index (χ0n) is 19.3. The summed E-state index contributed by atoms with van der Waals surface area (Å²) in [6.07, 6.45) is 3.15. The lowest BCUT2D eigenvalue weighted by atomic mass is 9.81. The van der Waals surface area contributed by atoms with E-state index in [0.717, 1.165) is 23.6 Å². The highest BCUT2D eigenvalue weighted by molar-refractivity contribution is 5.61. The molecule has 0 amide bonds. The normalized spacial score (nSPS) is 12.5. The molecule has 0 fully saturated rings. The van der Waals surface area contributed by atoms with Crippen LogP contribution in [-0.2, 0) is 0 Å². The van der Waals surface area contributed by atoms with E-state index in [0.29, 0.717) is 0 Å². The Morgan fingerprint density at radius 3 is 1.87 bits per heavy atom. The van der Waals surface area contributed by atoms with Crippen molar-refractivity contribution in [3.8, 4) is 0 Å². The minimum absolute atomic E-state index is 0.0511. The van der Waals surface area contributed by atoms with E-state index in [1.807, 2.05) is 0 Å². The third-order valence-electron chi connectivity index (χ3n) is 5.53. The zero-order chi connectivity index (χ0) is 22.1. The molecular formula is C28H33N3. The fraction of sp³-hybridized carbons (Fsp3) is 0.321. The third-order valence-corrected chi connectivity index (χ3v) is 5.53. The minimum atomic E-state index is -0.0866. The quantitative estimate of drug-likeness (QED) is 0.365. The predicted molar refractivity (Wildman–Crippen MR) is 131 cm³/mol. The largest absolute Gasteiger partial charge is 0.365 e. The highest BCUT2D eigenvalue weighted by Crippen LogP contribution is 2.38. The molecule has 1 N–H and O–H groups in total. The number of nitrogens with zero attached hydrogens (tertiary/aromatic N) is 2. The summed E-state index contributed by atoms with van der Waals surface area (Å²) in [5, 5.41) is 3.89. The van der Waals surface area contributed by atoms with E-state index >= 15 is 0 Å². The maximum Gasteiger partial charge on any atom is 0.138 e. The number of benzene rings is 2. The van der Waals surface area contributed by atoms with E-state index in [1.54, 1.807) is 0 Å². The topological polar surface area (TPSA) is 29.3 Å². The van der Waals surface area contributed by atoms with E-state index in [-0.39, 0.29) is 16.9 Å². The maximum atomic E-state index is 5.15. The Morgan fingerprint density at radius 2 is 1.32 bits per heavy atom. The molecule has 0 aliphatic heterocycles. The average molecular weight is 412 g/mol. The van der Waals surface area contributed by atoms with Gasteiger partial charge in [-0.3, -0.25) is 4.40 Å². The first-order valence-electron chi connectivity index (χ1n) is 11.1. The van der Waals surface area contributed by atoms with E-state index in [1.165, 1.54) is 11.1 Å². The number of nitrogens with one attached hydrogen (secondary N) is 1. The molecule has 0 radical (unpaired) electrons. The summed E-state index contributed by atoms with van der Waals surface area (Å²) in [6, 6.07) is 27.6. The Morgan fingerprint density at radius 1 is 0.774 bits per heavy atom. The molecular weight excluding hydrogens is 378 g/mol. The second-order valence-electron chi connectivity index (χ2n) is 10.3. The summed E-state index contributed by atoms with van der Waals surface area (Å²) in [4.78, 5) is 5.15. The first-order valence-corrected chi connectivity index (χ1v) is 11.1. The Balaban J connectivity index is 1.90. The van der Waals surface area contributed by atoms with Crippen molar-refractivity contribution in [3.05, 3.63) is 102 Å². The van der Waals surface area contributed by atoms with Crippen molar-refractivity contribution in [3.63, 3.8) is 0 Å². The monoisotopic (exact) mass is 411 g/mol. The molecule has 2 heterocycles. The summed E-state index contributed by atoms with van der Waals surface area (Å²) in [5.74, 6) is 1.12. The van der Waals surface area contributed by atoms with Crippen LogP contribution in [0.3, 0.4) is 0 Å². The summed E-state index contributed by atoms with van der Waals surface area (Å²) in [7, 11) is 0. The molecule has 0 atom stereocenters. The van der Waals surface area contributed by atoms with Crippen LogP contribution >= 0.6 is 0 Å². The van der Waals surface area contributed by atoms with Crippen LogP contribution in [0.4, 0.5) is 5.82 Å². The van der Waals surface area contributed by atoms with Gasteiger partial charge in [-0.05, 0) is 48.9 Å². The van der Waals surface area contributed by atoms with Gasteiger partial charge in [0.05, 0.1) is 11.6 Å². The van der Waals surface area contributed by atoms with Gasteiger partial charge in [0.25, 0.3) is 0 Å². The standard InChI is InChI=1S/C28H33N3/c1-27(2,3)20-28(4,5)30-26-25(29-23-18-12-13-19-31(23)26)24(21-14-8-6-9-15-21)22-16-10-7-11-17-22/h6-19,24,30H,20H2,1-5H3. The lowest BCUT2D eigenvalue weighted by Crippen LogP contribution is -2.36. The third kappa shape index (κ3) is 4.82.